The molecule has 4 heterocycles. The van der Waals surface area contributed by atoms with Crippen molar-refractivity contribution in [2.75, 3.05) is 11.4 Å². The van der Waals surface area contributed by atoms with Gasteiger partial charge in [0.05, 0.1) is 28.7 Å². The number of nitrogens with one attached hydrogen (secondary N) is 1. The van der Waals surface area contributed by atoms with Crippen LogP contribution in [0.4, 0.5) is 11.5 Å². The molecular weight excluding hydrogens is 312 g/mol. The quantitative estimate of drug-likeness (QED) is 0.747. The first kappa shape index (κ1) is 12.9. The van der Waals surface area contributed by atoms with E-state index in [1.807, 2.05) is 35.1 Å². The summed E-state index contributed by atoms with van der Waals surface area (Å²) in [5.74, 6) is 1.90. The van der Waals surface area contributed by atoms with Gasteiger partial charge in [-0.1, -0.05) is 23.7 Å². The Kier molecular flexibility index (Phi) is 2.63. The van der Waals surface area contributed by atoms with Crippen molar-refractivity contribution in [3.63, 3.8) is 0 Å². The zero-order valence-electron chi connectivity index (χ0n) is 12.2. The Bertz CT molecular complexity index is 938. The van der Waals surface area contributed by atoms with E-state index in [2.05, 4.69) is 20.2 Å². The number of amidine groups is 1. The summed E-state index contributed by atoms with van der Waals surface area (Å²) in [6.07, 6.45) is 4.65. The molecule has 0 bridgehead atoms. The first-order chi connectivity index (χ1) is 11.3. The molecular formula is C16H13ClN6. The summed E-state index contributed by atoms with van der Waals surface area (Å²) in [7, 11) is 0. The number of aromatic nitrogens is 4. The summed E-state index contributed by atoms with van der Waals surface area (Å²) in [6.45, 7) is 1.80. The van der Waals surface area contributed by atoms with Crippen LogP contribution in [-0.2, 0) is 6.54 Å². The molecule has 0 fully saturated rings. The number of nitrogens with zero attached hydrogens (tertiary/aromatic N) is 5. The summed E-state index contributed by atoms with van der Waals surface area (Å²) < 4.78 is 2.03. The highest BCUT2D eigenvalue weighted by Gasteiger charge is 2.31. The van der Waals surface area contributed by atoms with Crippen LogP contribution >= 0.6 is 11.6 Å². The van der Waals surface area contributed by atoms with Gasteiger partial charge in [-0.3, -0.25) is 5.10 Å². The lowest BCUT2D eigenvalue weighted by atomic mass is 10.1. The second kappa shape index (κ2) is 4.70. The molecule has 114 valence electrons. The molecule has 23 heavy (non-hydrogen) atoms. The van der Waals surface area contributed by atoms with Crippen LogP contribution in [0.1, 0.15) is 12.0 Å². The predicted molar refractivity (Wildman–Crippen MR) is 89.4 cm³/mol. The Hall–Kier alpha value is -2.60. The van der Waals surface area contributed by atoms with Crippen LogP contribution < -0.4 is 4.90 Å². The number of hydrogen-bond acceptors (Lipinski definition) is 4. The van der Waals surface area contributed by atoms with Gasteiger partial charge in [0, 0.05) is 18.7 Å². The second-order valence-corrected chi connectivity index (χ2v) is 6.06. The molecule has 0 unspecified atom stereocenters. The maximum Gasteiger partial charge on any atom is 0.143 e. The molecule has 5 rings (SSSR count). The van der Waals surface area contributed by atoms with Crippen molar-refractivity contribution in [2.24, 2.45) is 4.99 Å². The minimum atomic E-state index is 0.691. The van der Waals surface area contributed by atoms with Crippen LogP contribution in [0, 0.1) is 0 Å². The third-order valence-electron chi connectivity index (χ3n) is 4.30. The molecule has 0 saturated carbocycles. The predicted octanol–water partition coefficient (Wildman–Crippen LogP) is 3.23. The lowest BCUT2D eigenvalue weighted by Crippen LogP contribution is -2.38. The molecule has 2 aromatic heterocycles. The number of anilines is 1. The van der Waals surface area contributed by atoms with Gasteiger partial charge in [-0.15, -0.1) is 0 Å². The number of benzene rings is 1. The third kappa shape index (κ3) is 1.78. The van der Waals surface area contributed by atoms with Crippen molar-refractivity contribution < 1.29 is 0 Å². The van der Waals surface area contributed by atoms with Gasteiger partial charge >= 0.3 is 0 Å². The number of aliphatic imine (C=N–C) groups is 1. The average Bonchev–Trinajstić information content (AvgIpc) is 3.16. The summed E-state index contributed by atoms with van der Waals surface area (Å²) in [4.78, 5) is 7.08. The van der Waals surface area contributed by atoms with Crippen molar-refractivity contribution in [1.82, 2.24) is 20.0 Å². The maximum absolute atomic E-state index is 6.44. The Morgan fingerprint density at radius 1 is 1.09 bits per heavy atom. The van der Waals surface area contributed by atoms with Gasteiger partial charge in [-0.05, 0) is 18.6 Å². The van der Waals surface area contributed by atoms with Gasteiger partial charge in [0.25, 0.3) is 0 Å². The normalized spacial score (nSPS) is 15.7. The van der Waals surface area contributed by atoms with Gasteiger partial charge in [0.2, 0.25) is 0 Å². The summed E-state index contributed by atoms with van der Waals surface area (Å²) >= 11 is 6.44. The van der Waals surface area contributed by atoms with E-state index in [1.165, 1.54) is 0 Å². The molecule has 2 aliphatic heterocycles. The molecule has 3 aromatic rings. The van der Waals surface area contributed by atoms with Gasteiger partial charge in [0.1, 0.15) is 17.3 Å². The van der Waals surface area contributed by atoms with Crippen molar-refractivity contribution in [3.8, 4) is 11.3 Å². The lowest BCUT2D eigenvalue weighted by molar-refractivity contribution is 0.546. The number of aryl methyl sites for hydroxylation is 1. The van der Waals surface area contributed by atoms with Crippen LogP contribution in [0.2, 0.25) is 5.02 Å². The highest BCUT2D eigenvalue weighted by Crippen LogP contribution is 2.41. The number of H-pyrrole nitrogens is 1. The zero-order chi connectivity index (χ0) is 15.4. The van der Waals surface area contributed by atoms with Gasteiger partial charge < -0.3 is 4.90 Å². The fourth-order valence-electron chi connectivity index (χ4n) is 3.28. The first-order valence-corrected chi connectivity index (χ1v) is 7.91. The van der Waals surface area contributed by atoms with Crippen molar-refractivity contribution in [2.45, 2.75) is 13.0 Å². The van der Waals surface area contributed by atoms with E-state index < -0.39 is 0 Å². The van der Waals surface area contributed by atoms with Crippen LogP contribution in [0.3, 0.4) is 0 Å². The van der Waals surface area contributed by atoms with E-state index in [-0.39, 0.29) is 0 Å². The fourth-order valence-corrected chi connectivity index (χ4v) is 3.50. The minimum Gasteiger partial charge on any atom is -0.310 e. The van der Waals surface area contributed by atoms with E-state index in [0.29, 0.717) is 5.02 Å². The minimum absolute atomic E-state index is 0.691. The Morgan fingerprint density at radius 2 is 2.00 bits per heavy atom. The Labute approximate surface area is 137 Å². The second-order valence-electron chi connectivity index (χ2n) is 5.66. The maximum atomic E-state index is 6.44. The monoisotopic (exact) mass is 324 g/mol. The third-order valence-corrected chi connectivity index (χ3v) is 4.63. The number of halogens is 1. The molecule has 1 N–H and O–H groups in total. The average molecular weight is 325 g/mol. The molecule has 7 heteroatoms. The van der Waals surface area contributed by atoms with Crippen molar-refractivity contribution in [3.05, 3.63) is 47.2 Å². The zero-order valence-corrected chi connectivity index (χ0v) is 13.0. The summed E-state index contributed by atoms with van der Waals surface area (Å²) in [6, 6.07) is 7.80. The summed E-state index contributed by atoms with van der Waals surface area (Å²) in [5, 5.41) is 12.4. The molecule has 2 aliphatic rings. The highest BCUT2D eigenvalue weighted by atomic mass is 35.5. The summed E-state index contributed by atoms with van der Waals surface area (Å²) in [5.41, 5.74) is 3.66. The number of hydrogen-bond donors (Lipinski definition) is 1. The molecule has 1 aromatic carbocycles. The van der Waals surface area contributed by atoms with Crippen LogP contribution in [0.25, 0.3) is 11.3 Å². The standard InChI is InChI=1S/C16H13ClN6/c17-12-5-2-1-4-10(12)15-20-13-9-18-21-14(13)11-8-19-23-7-3-6-22(15)16(11)23/h1-2,4-5,8-9H,3,6-7H2,(H,18,21). The number of aromatic amines is 1. The van der Waals surface area contributed by atoms with Gasteiger partial charge in [0.15, 0.2) is 0 Å². The van der Waals surface area contributed by atoms with Crippen molar-refractivity contribution >= 4 is 28.9 Å². The van der Waals surface area contributed by atoms with E-state index >= 15 is 0 Å². The number of rotatable bonds is 1. The van der Waals surface area contributed by atoms with Gasteiger partial charge in [-0.25, -0.2) is 9.67 Å². The van der Waals surface area contributed by atoms with E-state index in [1.54, 1.807) is 6.20 Å². The van der Waals surface area contributed by atoms with Crippen LogP contribution in [-0.4, -0.2) is 32.4 Å². The highest BCUT2D eigenvalue weighted by molar-refractivity contribution is 6.35. The van der Waals surface area contributed by atoms with Gasteiger partial charge in [-0.2, -0.15) is 10.2 Å². The molecule has 6 nitrogen and oxygen atoms in total. The molecule has 0 aliphatic carbocycles. The molecule has 0 atom stereocenters. The molecule has 0 saturated heterocycles. The number of fused-ring (bicyclic) bond motifs is 2. The van der Waals surface area contributed by atoms with Crippen LogP contribution in [0.5, 0.6) is 0 Å². The first-order valence-electron chi connectivity index (χ1n) is 7.53. The fraction of sp³-hybridized carbons (Fsp3) is 0.188. The van der Waals surface area contributed by atoms with Crippen LogP contribution in [0.15, 0.2) is 41.7 Å². The van der Waals surface area contributed by atoms with E-state index in [9.17, 15) is 0 Å². The van der Waals surface area contributed by atoms with Crippen molar-refractivity contribution in [1.29, 1.82) is 0 Å². The Morgan fingerprint density at radius 3 is 2.91 bits per heavy atom. The smallest absolute Gasteiger partial charge is 0.143 e. The Balaban J connectivity index is 1.83. The molecule has 0 amide bonds. The largest absolute Gasteiger partial charge is 0.310 e. The lowest BCUT2D eigenvalue weighted by Gasteiger charge is -2.30. The topological polar surface area (TPSA) is 62.1 Å². The van der Waals surface area contributed by atoms with E-state index in [4.69, 9.17) is 16.6 Å². The molecule has 0 radical (unpaired) electrons. The SMILES string of the molecule is Clc1ccccc1C1=Nc2cn[nH]c2-c2cnn3c2N1CCC3. The molecule has 0 spiro atoms. The van der Waals surface area contributed by atoms with E-state index in [0.717, 1.165) is 53.7 Å².